The van der Waals surface area contributed by atoms with Crippen molar-refractivity contribution < 1.29 is 0 Å². The van der Waals surface area contributed by atoms with Gasteiger partial charge in [0.15, 0.2) is 0 Å². The summed E-state index contributed by atoms with van der Waals surface area (Å²) in [5, 5.41) is 0. The van der Waals surface area contributed by atoms with Gasteiger partial charge in [0.25, 0.3) is 0 Å². The number of hydrogen-bond donors (Lipinski definition) is 0. The van der Waals surface area contributed by atoms with E-state index in [9.17, 15) is 4.79 Å². The largest absolute Gasteiger partial charge is 0.299 e. The van der Waals surface area contributed by atoms with Gasteiger partial charge in [0.1, 0.15) is 0 Å². The van der Waals surface area contributed by atoms with Crippen molar-refractivity contribution in [2.45, 2.75) is 19.9 Å². The van der Waals surface area contributed by atoms with Crippen molar-refractivity contribution in [3.05, 3.63) is 21.8 Å². The van der Waals surface area contributed by atoms with Crippen LogP contribution in [0.2, 0.25) is 0 Å². The Balaban J connectivity index is 2.98. The Morgan fingerprint density at radius 2 is 2.33 bits per heavy atom. The minimum absolute atomic E-state index is 0.128. The maximum absolute atomic E-state index is 10.6. The van der Waals surface area contributed by atoms with Gasteiger partial charge in [-0.2, -0.15) is 0 Å². The van der Waals surface area contributed by atoms with Crippen molar-refractivity contribution in [1.29, 1.82) is 0 Å². The summed E-state index contributed by atoms with van der Waals surface area (Å²) in [6, 6.07) is 2.00. The molecule has 0 N–H and O–H groups in total. The zero-order valence-corrected chi connectivity index (χ0v) is 6.31. The molecule has 0 aromatic carbocycles. The Morgan fingerprint density at radius 3 is 2.56 bits per heavy atom. The number of hydrogen-bond acceptors (Lipinski definition) is 2. The molecule has 0 saturated heterocycles. The number of nitrogens with zero attached hydrogens (tertiary/aromatic N) is 1. The minimum atomic E-state index is 0.128. The molecule has 0 radical (unpaired) electrons. The van der Waals surface area contributed by atoms with Gasteiger partial charge in [-0.3, -0.25) is 8.75 Å². The molecule has 1 heterocycles. The summed E-state index contributed by atoms with van der Waals surface area (Å²) < 4.78 is 2.06. The summed E-state index contributed by atoms with van der Waals surface area (Å²) in [6.07, 6.45) is 1.82. The van der Waals surface area contributed by atoms with Crippen molar-refractivity contribution in [2.75, 3.05) is 0 Å². The maximum atomic E-state index is 10.6. The lowest BCUT2D eigenvalue weighted by molar-refractivity contribution is 0.650. The zero-order chi connectivity index (χ0) is 6.85. The summed E-state index contributed by atoms with van der Waals surface area (Å²) in [5.41, 5.74) is 0. The first-order valence-corrected chi connectivity index (χ1v) is 3.66. The van der Waals surface area contributed by atoms with Gasteiger partial charge in [-0.1, -0.05) is 0 Å². The average Bonchev–Trinajstić information content (AvgIpc) is 2.14. The normalized spacial score (nSPS) is 10.6. The fraction of sp³-hybridized carbons (Fsp3) is 0.500. The average molecular weight is 143 g/mol. The van der Waals surface area contributed by atoms with E-state index in [4.69, 9.17) is 0 Å². The van der Waals surface area contributed by atoms with Crippen LogP contribution < -0.4 is 4.74 Å². The Kier molecular flexibility index (Phi) is 1.71. The third kappa shape index (κ3) is 1.42. The van der Waals surface area contributed by atoms with Gasteiger partial charge in [-0.15, -0.1) is 0 Å². The first kappa shape index (κ1) is 6.55. The zero-order valence-electron chi connectivity index (χ0n) is 5.50. The van der Waals surface area contributed by atoms with E-state index in [0.717, 1.165) is 0 Å². The lowest BCUT2D eigenvalue weighted by Gasteiger charge is -2.01. The first-order valence-electron chi connectivity index (χ1n) is 2.88. The fourth-order valence-corrected chi connectivity index (χ4v) is 1.24. The van der Waals surface area contributed by atoms with Gasteiger partial charge in [0.2, 0.25) is 4.74 Å². The second-order valence-corrected chi connectivity index (χ2v) is 3.19. The molecule has 0 aliphatic heterocycles. The van der Waals surface area contributed by atoms with Crippen LogP contribution in [0.25, 0.3) is 0 Å². The molecule has 0 saturated carbocycles. The molecule has 0 aliphatic carbocycles. The molecule has 1 aromatic heterocycles. The second-order valence-electron chi connectivity index (χ2n) is 2.18. The van der Waals surface area contributed by atoms with Gasteiger partial charge in [0.05, 0.1) is 0 Å². The van der Waals surface area contributed by atoms with Gasteiger partial charge in [-0.05, 0) is 25.4 Å². The summed E-state index contributed by atoms with van der Waals surface area (Å²) >= 11 is 1.26. The van der Waals surface area contributed by atoms with Crippen molar-refractivity contribution in [3.63, 3.8) is 0 Å². The predicted octanol–water partition coefficient (Wildman–Crippen LogP) is 1.49. The van der Waals surface area contributed by atoms with E-state index in [1.54, 1.807) is 6.07 Å². The van der Waals surface area contributed by atoms with Gasteiger partial charge >= 0.3 is 0 Å². The molecule has 1 aromatic rings. The Morgan fingerprint density at radius 1 is 1.67 bits per heavy atom. The quantitative estimate of drug-likeness (QED) is 0.583. The Hall–Kier alpha value is -0.570. The minimum Gasteiger partial charge on any atom is -0.299 e. The third-order valence-corrected chi connectivity index (χ3v) is 2.13. The lowest BCUT2D eigenvalue weighted by Crippen LogP contribution is -1.93. The molecule has 1 rings (SSSR count). The van der Waals surface area contributed by atoms with Crippen LogP contribution in [0.1, 0.15) is 19.9 Å². The molecule has 9 heavy (non-hydrogen) atoms. The predicted molar refractivity (Wildman–Crippen MR) is 39.0 cm³/mol. The SMILES string of the molecule is CC(C)n1ccc(=O)s1. The van der Waals surface area contributed by atoms with E-state index in [0.29, 0.717) is 6.04 Å². The highest BCUT2D eigenvalue weighted by Crippen LogP contribution is 2.03. The van der Waals surface area contributed by atoms with Crippen LogP contribution in [0.3, 0.4) is 0 Å². The summed E-state index contributed by atoms with van der Waals surface area (Å²) in [6.45, 7) is 4.10. The van der Waals surface area contributed by atoms with Gasteiger partial charge < -0.3 is 0 Å². The number of aromatic nitrogens is 1. The molecule has 0 bridgehead atoms. The number of rotatable bonds is 1. The van der Waals surface area contributed by atoms with Crippen LogP contribution in [-0.4, -0.2) is 3.96 Å². The lowest BCUT2D eigenvalue weighted by atomic mass is 10.4. The molecule has 0 amide bonds. The molecule has 0 unspecified atom stereocenters. The van der Waals surface area contributed by atoms with Crippen LogP contribution in [0.5, 0.6) is 0 Å². The monoisotopic (exact) mass is 143 g/mol. The third-order valence-electron chi connectivity index (χ3n) is 1.06. The van der Waals surface area contributed by atoms with Crippen molar-refractivity contribution in [1.82, 2.24) is 3.96 Å². The highest BCUT2D eigenvalue weighted by atomic mass is 32.1. The van der Waals surface area contributed by atoms with E-state index in [-0.39, 0.29) is 4.74 Å². The summed E-state index contributed by atoms with van der Waals surface area (Å²) in [5.74, 6) is 0. The van der Waals surface area contributed by atoms with Crippen LogP contribution in [0.15, 0.2) is 17.1 Å². The molecule has 3 heteroatoms. The standard InChI is InChI=1S/C6H9NOS/c1-5(2)7-4-3-6(8)9-7/h3-5H,1-2H3. The molecular weight excluding hydrogens is 134 g/mol. The highest BCUT2D eigenvalue weighted by molar-refractivity contribution is 7.03. The van der Waals surface area contributed by atoms with Gasteiger partial charge in [-0.25, -0.2) is 0 Å². The van der Waals surface area contributed by atoms with E-state index in [1.165, 1.54) is 11.5 Å². The summed E-state index contributed by atoms with van der Waals surface area (Å²) in [7, 11) is 0. The van der Waals surface area contributed by atoms with Crippen LogP contribution in [0, 0.1) is 0 Å². The second kappa shape index (κ2) is 2.35. The molecule has 0 aliphatic rings. The molecule has 0 atom stereocenters. The molecule has 50 valence electrons. The Bertz CT molecular complexity index is 235. The van der Waals surface area contributed by atoms with Crippen LogP contribution in [-0.2, 0) is 0 Å². The van der Waals surface area contributed by atoms with Gasteiger partial charge in [0, 0.05) is 18.3 Å². The van der Waals surface area contributed by atoms with Crippen LogP contribution in [0.4, 0.5) is 0 Å². The molecule has 0 spiro atoms. The van der Waals surface area contributed by atoms with E-state index in [1.807, 2.05) is 10.2 Å². The molecule has 0 fully saturated rings. The van der Waals surface area contributed by atoms with E-state index >= 15 is 0 Å². The fourth-order valence-electron chi connectivity index (χ4n) is 0.577. The van der Waals surface area contributed by atoms with Crippen LogP contribution >= 0.6 is 11.5 Å². The highest BCUT2D eigenvalue weighted by Gasteiger charge is 1.95. The first-order chi connectivity index (χ1) is 4.20. The molecular formula is C6H9NOS. The van der Waals surface area contributed by atoms with Crippen molar-refractivity contribution >= 4 is 11.5 Å². The van der Waals surface area contributed by atoms with E-state index in [2.05, 4.69) is 13.8 Å². The summed E-state index contributed by atoms with van der Waals surface area (Å²) in [4.78, 5) is 10.6. The smallest absolute Gasteiger partial charge is 0.249 e. The van der Waals surface area contributed by atoms with Crippen molar-refractivity contribution in [2.24, 2.45) is 0 Å². The topological polar surface area (TPSA) is 22.0 Å². The Labute approximate surface area is 57.9 Å². The molecule has 2 nitrogen and oxygen atoms in total. The van der Waals surface area contributed by atoms with Crippen molar-refractivity contribution in [3.8, 4) is 0 Å². The maximum Gasteiger partial charge on any atom is 0.249 e. The van der Waals surface area contributed by atoms with E-state index < -0.39 is 0 Å².